The van der Waals surface area contributed by atoms with Crippen LogP contribution < -0.4 is 0 Å². The highest BCUT2D eigenvalue weighted by molar-refractivity contribution is 5.99. The van der Waals surface area contributed by atoms with Gasteiger partial charge in [-0.1, -0.05) is 25.1 Å². The number of para-hydroxylation sites is 1. The molecular weight excluding hydrogens is 334 g/mol. The van der Waals surface area contributed by atoms with E-state index in [4.69, 9.17) is 9.15 Å². The molecule has 1 amide bonds. The fourth-order valence-corrected chi connectivity index (χ4v) is 2.92. The summed E-state index contributed by atoms with van der Waals surface area (Å²) >= 11 is 0. The number of carbonyl (C=O) groups excluding carboxylic acids is 1. The van der Waals surface area contributed by atoms with Crippen molar-refractivity contribution in [3.63, 3.8) is 0 Å². The second kappa shape index (κ2) is 8.85. The van der Waals surface area contributed by atoms with Gasteiger partial charge < -0.3 is 19.2 Å². The lowest BCUT2D eigenvalue weighted by Crippen LogP contribution is -2.38. The number of rotatable bonds is 9. The molecule has 0 fully saturated rings. The maximum Gasteiger partial charge on any atom is 0.308 e. The van der Waals surface area contributed by atoms with Crippen molar-refractivity contribution in [2.45, 2.75) is 34.1 Å². The summed E-state index contributed by atoms with van der Waals surface area (Å²) in [6, 6.07) is 5.80. The lowest BCUT2D eigenvalue weighted by Gasteiger charge is -2.24. The van der Waals surface area contributed by atoms with Crippen LogP contribution in [0.15, 0.2) is 22.6 Å². The number of benzene rings is 1. The van der Waals surface area contributed by atoms with Gasteiger partial charge in [-0.25, -0.2) is 0 Å². The molecule has 0 saturated carbocycles. The van der Waals surface area contributed by atoms with Gasteiger partial charge in [-0.05, 0) is 32.8 Å². The summed E-state index contributed by atoms with van der Waals surface area (Å²) in [4.78, 5) is 25.9. The van der Waals surface area contributed by atoms with Crippen LogP contribution in [0.1, 0.15) is 41.9 Å². The van der Waals surface area contributed by atoms with Gasteiger partial charge in [-0.15, -0.1) is 0 Å². The maximum atomic E-state index is 13.1. The molecule has 142 valence electrons. The van der Waals surface area contributed by atoms with E-state index in [-0.39, 0.29) is 18.2 Å². The van der Waals surface area contributed by atoms with Crippen molar-refractivity contribution in [2.75, 3.05) is 26.3 Å². The van der Waals surface area contributed by atoms with Gasteiger partial charge >= 0.3 is 5.97 Å². The highest BCUT2D eigenvalue weighted by Gasteiger charge is 2.26. The van der Waals surface area contributed by atoms with E-state index in [0.29, 0.717) is 31.8 Å². The van der Waals surface area contributed by atoms with Gasteiger partial charge in [0, 0.05) is 37.3 Å². The molecule has 0 bridgehead atoms. The second-order valence-corrected chi connectivity index (χ2v) is 6.55. The molecule has 1 atom stereocenters. The van der Waals surface area contributed by atoms with Crippen LogP contribution in [0.5, 0.6) is 0 Å². The number of hydrogen-bond acceptors (Lipinski definition) is 4. The summed E-state index contributed by atoms with van der Waals surface area (Å²) in [5.74, 6) is -1.58. The number of hydrogen-bond donors (Lipinski definition) is 1. The van der Waals surface area contributed by atoms with E-state index in [1.807, 2.05) is 39.0 Å². The van der Waals surface area contributed by atoms with Crippen LogP contribution in [-0.2, 0) is 9.53 Å². The average Bonchev–Trinajstić information content (AvgIpc) is 2.95. The molecule has 6 nitrogen and oxygen atoms in total. The Bertz CT molecular complexity index is 780. The SMILES string of the molecule is CCOCCCN(CC(C)C(=O)O)C(=O)c1oc2c(C)cccc2c1C. The van der Waals surface area contributed by atoms with Crippen LogP contribution in [0.2, 0.25) is 0 Å². The standard InChI is InChI=1S/C20H27NO5/c1-5-25-11-7-10-21(12-14(3)20(23)24)19(22)18-15(4)16-9-6-8-13(2)17(16)26-18/h6,8-9,14H,5,7,10-12H2,1-4H3,(H,23,24). The largest absolute Gasteiger partial charge is 0.481 e. The number of carboxylic acids is 1. The molecule has 2 aromatic rings. The number of aliphatic carboxylic acids is 1. The van der Waals surface area contributed by atoms with Gasteiger partial charge in [-0.3, -0.25) is 9.59 Å². The predicted molar refractivity (Wildman–Crippen MR) is 99.5 cm³/mol. The van der Waals surface area contributed by atoms with Gasteiger partial charge in [0.2, 0.25) is 0 Å². The third-order valence-electron chi connectivity index (χ3n) is 4.48. The Balaban J connectivity index is 2.28. The number of carboxylic acid groups (broad SMARTS) is 1. The van der Waals surface area contributed by atoms with E-state index in [1.165, 1.54) is 0 Å². The quantitative estimate of drug-likeness (QED) is 0.690. The van der Waals surface area contributed by atoms with Gasteiger partial charge in [0.05, 0.1) is 5.92 Å². The van der Waals surface area contributed by atoms with Crippen LogP contribution in [0.25, 0.3) is 11.0 Å². The zero-order chi connectivity index (χ0) is 19.3. The summed E-state index contributed by atoms with van der Waals surface area (Å²) < 4.78 is 11.2. The topological polar surface area (TPSA) is 80.0 Å². The highest BCUT2D eigenvalue weighted by atomic mass is 16.5. The highest BCUT2D eigenvalue weighted by Crippen LogP contribution is 2.28. The van der Waals surface area contributed by atoms with Gasteiger partial charge in [0.25, 0.3) is 5.91 Å². The zero-order valence-corrected chi connectivity index (χ0v) is 15.9. The molecule has 0 radical (unpaired) electrons. The summed E-state index contributed by atoms with van der Waals surface area (Å²) in [6.45, 7) is 9.00. The Morgan fingerprint density at radius 3 is 2.65 bits per heavy atom. The minimum absolute atomic E-state index is 0.135. The molecule has 1 aromatic heterocycles. The third kappa shape index (κ3) is 4.43. The van der Waals surface area contributed by atoms with Crippen LogP contribution in [0.4, 0.5) is 0 Å². The number of aryl methyl sites for hydroxylation is 2. The fraction of sp³-hybridized carbons (Fsp3) is 0.500. The molecular formula is C20H27NO5. The van der Waals surface area contributed by atoms with E-state index in [9.17, 15) is 14.7 Å². The van der Waals surface area contributed by atoms with Gasteiger partial charge in [0.1, 0.15) is 5.58 Å². The first-order valence-electron chi connectivity index (χ1n) is 8.95. The van der Waals surface area contributed by atoms with Gasteiger partial charge in [-0.2, -0.15) is 0 Å². The normalized spacial score (nSPS) is 12.3. The lowest BCUT2D eigenvalue weighted by molar-refractivity contribution is -0.141. The van der Waals surface area contributed by atoms with E-state index >= 15 is 0 Å². The fourth-order valence-electron chi connectivity index (χ4n) is 2.92. The van der Waals surface area contributed by atoms with E-state index in [0.717, 1.165) is 16.5 Å². The predicted octanol–water partition coefficient (Wildman–Crippen LogP) is 3.64. The minimum atomic E-state index is -0.926. The Hall–Kier alpha value is -2.34. The van der Waals surface area contributed by atoms with Crippen molar-refractivity contribution in [3.05, 3.63) is 35.1 Å². The van der Waals surface area contributed by atoms with Crippen molar-refractivity contribution in [1.29, 1.82) is 0 Å². The number of furan rings is 1. The van der Waals surface area contributed by atoms with Crippen molar-refractivity contribution < 1.29 is 23.8 Å². The molecule has 0 aliphatic carbocycles. The lowest BCUT2D eigenvalue weighted by atomic mass is 10.1. The minimum Gasteiger partial charge on any atom is -0.481 e. The summed E-state index contributed by atoms with van der Waals surface area (Å²) in [7, 11) is 0. The number of nitrogens with zero attached hydrogens (tertiary/aromatic N) is 1. The number of fused-ring (bicyclic) bond motifs is 1. The van der Waals surface area contributed by atoms with Crippen molar-refractivity contribution in [1.82, 2.24) is 4.90 Å². The molecule has 2 rings (SSSR count). The molecule has 26 heavy (non-hydrogen) atoms. The second-order valence-electron chi connectivity index (χ2n) is 6.55. The molecule has 0 aliphatic heterocycles. The van der Waals surface area contributed by atoms with E-state index in [2.05, 4.69) is 0 Å². The van der Waals surface area contributed by atoms with Crippen molar-refractivity contribution in [3.8, 4) is 0 Å². The van der Waals surface area contributed by atoms with Crippen LogP contribution in [0.3, 0.4) is 0 Å². The van der Waals surface area contributed by atoms with Crippen LogP contribution in [0, 0.1) is 19.8 Å². The number of carbonyl (C=O) groups is 2. The van der Waals surface area contributed by atoms with Crippen LogP contribution >= 0.6 is 0 Å². The summed E-state index contributed by atoms with van der Waals surface area (Å²) in [6.07, 6.45) is 0.643. The number of ether oxygens (including phenoxy) is 1. The molecule has 1 aromatic carbocycles. The third-order valence-corrected chi connectivity index (χ3v) is 4.48. The maximum absolute atomic E-state index is 13.1. The Morgan fingerprint density at radius 1 is 1.31 bits per heavy atom. The molecule has 1 unspecified atom stereocenters. The first-order valence-corrected chi connectivity index (χ1v) is 8.95. The Morgan fingerprint density at radius 2 is 2.04 bits per heavy atom. The summed E-state index contributed by atoms with van der Waals surface area (Å²) in [5, 5.41) is 10.1. The van der Waals surface area contributed by atoms with Crippen molar-refractivity contribution >= 4 is 22.8 Å². The Labute approximate surface area is 153 Å². The van der Waals surface area contributed by atoms with Crippen LogP contribution in [-0.4, -0.2) is 48.2 Å². The van der Waals surface area contributed by atoms with Gasteiger partial charge in [0.15, 0.2) is 5.76 Å². The van der Waals surface area contributed by atoms with Crippen molar-refractivity contribution in [2.24, 2.45) is 5.92 Å². The van der Waals surface area contributed by atoms with E-state index in [1.54, 1.807) is 11.8 Å². The Kier molecular flexibility index (Phi) is 6.80. The monoisotopic (exact) mass is 361 g/mol. The first kappa shape index (κ1) is 20.0. The van der Waals surface area contributed by atoms with E-state index < -0.39 is 11.9 Å². The molecule has 0 aliphatic rings. The zero-order valence-electron chi connectivity index (χ0n) is 15.9. The molecule has 0 saturated heterocycles. The average molecular weight is 361 g/mol. The molecule has 1 heterocycles. The molecule has 1 N–H and O–H groups in total. The number of amides is 1. The summed E-state index contributed by atoms with van der Waals surface area (Å²) in [5.41, 5.74) is 2.45. The molecule has 6 heteroatoms. The molecule has 0 spiro atoms. The first-order chi connectivity index (χ1) is 12.4. The smallest absolute Gasteiger partial charge is 0.308 e.